The quantitative estimate of drug-likeness (QED) is 0.526. The van der Waals surface area contributed by atoms with Gasteiger partial charge in [0.15, 0.2) is 0 Å². The molecule has 0 spiro atoms. The number of rotatable bonds is 2. The van der Waals surface area contributed by atoms with Crippen molar-refractivity contribution in [1.82, 2.24) is 4.90 Å². The Morgan fingerprint density at radius 1 is 1.12 bits per heavy atom. The third kappa shape index (κ3) is 0.899. The van der Waals surface area contributed by atoms with Crippen LogP contribution in [-0.4, -0.2) is 34.3 Å². The van der Waals surface area contributed by atoms with E-state index in [9.17, 15) is 14.4 Å². The van der Waals surface area contributed by atoms with Crippen molar-refractivity contribution in [2.45, 2.75) is 0 Å². The van der Waals surface area contributed by atoms with Gasteiger partial charge in [0.05, 0.1) is 11.8 Å². The zero-order valence-electron chi connectivity index (χ0n) is 8.95. The van der Waals surface area contributed by atoms with Crippen molar-refractivity contribution in [2.75, 3.05) is 6.54 Å². The summed E-state index contributed by atoms with van der Waals surface area (Å²) in [5, 5.41) is 8.72. The van der Waals surface area contributed by atoms with E-state index >= 15 is 0 Å². The summed E-state index contributed by atoms with van der Waals surface area (Å²) in [6.45, 7) is -0.483. The maximum Gasteiger partial charge on any atom is 0.323 e. The molecule has 0 aromatic carbocycles. The van der Waals surface area contributed by atoms with E-state index < -0.39 is 12.5 Å². The number of allylic oxidation sites excluding steroid dienone is 2. The van der Waals surface area contributed by atoms with E-state index in [1.165, 1.54) is 0 Å². The second-order valence-electron chi connectivity index (χ2n) is 5.40. The minimum atomic E-state index is -1.13. The highest BCUT2D eigenvalue weighted by Gasteiger charge is 2.74. The summed E-state index contributed by atoms with van der Waals surface area (Å²) in [6.07, 6.45) is 4.17. The number of aliphatic carboxylic acids is 1. The molecule has 3 aliphatic carbocycles. The average Bonchev–Trinajstić information content (AvgIpc) is 2.56. The summed E-state index contributed by atoms with van der Waals surface area (Å²) >= 11 is 0. The van der Waals surface area contributed by atoms with Gasteiger partial charge >= 0.3 is 5.97 Å². The molecule has 2 amide bonds. The van der Waals surface area contributed by atoms with E-state index in [1.54, 1.807) is 0 Å². The molecule has 4 rings (SSSR count). The maximum atomic E-state index is 12.1. The Morgan fingerprint density at radius 2 is 1.76 bits per heavy atom. The first kappa shape index (κ1) is 9.39. The molecule has 1 N–H and O–H groups in total. The van der Waals surface area contributed by atoms with Crippen LogP contribution in [0.4, 0.5) is 0 Å². The SMILES string of the molecule is O=C(O)CN1C(=O)C2C3C=CC4C3C4C2C1=O. The van der Waals surface area contributed by atoms with Crippen LogP contribution in [0, 0.1) is 35.5 Å². The summed E-state index contributed by atoms with van der Waals surface area (Å²) in [5.41, 5.74) is 0. The number of carbonyl (C=O) groups is 3. The summed E-state index contributed by atoms with van der Waals surface area (Å²) in [5.74, 6) is -0.706. The van der Waals surface area contributed by atoms with Crippen LogP contribution in [0.15, 0.2) is 12.2 Å². The molecule has 1 saturated heterocycles. The third-order valence-electron chi connectivity index (χ3n) is 4.80. The van der Waals surface area contributed by atoms with Crippen molar-refractivity contribution in [3.05, 3.63) is 12.2 Å². The fourth-order valence-electron chi connectivity index (χ4n) is 4.25. The van der Waals surface area contributed by atoms with Crippen LogP contribution in [0.25, 0.3) is 0 Å². The van der Waals surface area contributed by atoms with Crippen LogP contribution in [-0.2, 0) is 14.4 Å². The van der Waals surface area contributed by atoms with Crippen molar-refractivity contribution in [2.24, 2.45) is 35.5 Å². The number of fused-ring (bicyclic) bond motifs is 4. The highest BCUT2D eigenvalue weighted by Crippen LogP contribution is 2.71. The van der Waals surface area contributed by atoms with Gasteiger partial charge in [-0.05, 0) is 23.7 Å². The Balaban J connectivity index is 1.70. The summed E-state index contributed by atoms with van der Waals surface area (Å²) in [4.78, 5) is 35.8. The van der Waals surface area contributed by atoms with Gasteiger partial charge < -0.3 is 5.11 Å². The lowest BCUT2D eigenvalue weighted by Gasteiger charge is -2.15. The van der Waals surface area contributed by atoms with E-state index in [0.717, 1.165) is 4.90 Å². The Kier molecular flexibility index (Phi) is 1.44. The molecular formula is C12H11NO4. The van der Waals surface area contributed by atoms with Gasteiger partial charge in [0, 0.05) is 0 Å². The molecule has 3 fully saturated rings. The molecule has 0 aromatic heterocycles. The molecule has 0 aromatic rings. The topological polar surface area (TPSA) is 74.7 Å². The van der Waals surface area contributed by atoms with Crippen molar-refractivity contribution in [3.8, 4) is 0 Å². The van der Waals surface area contributed by atoms with Gasteiger partial charge in [-0.3, -0.25) is 19.3 Å². The monoisotopic (exact) mass is 233 g/mol. The number of hydrogen-bond acceptors (Lipinski definition) is 3. The van der Waals surface area contributed by atoms with Gasteiger partial charge in [-0.1, -0.05) is 12.2 Å². The Bertz CT molecular complexity index is 497. The smallest absolute Gasteiger partial charge is 0.323 e. The summed E-state index contributed by atoms with van der Waals surface area (Å²) in [6, 6.07) is 0. The Morgan fingerprint density at radius 3 is 2.47 bits per heavy atom. The van der Waals surface area contributed by atoms with Gasteiger partial charge in [0.25, 0.3) is 0 Å². The number of carboxylic acid groups (broad SMARTS) is 1. The molecule has 0 radical (unpaired) electrons. The highest BCUT2D eigenvalue weighted by molar-refractivity contribution is 6.08. The minimum Gasteiger partial charge on any atom is -0.480 e. The molecule has 6 unspecified atom stereocenters. The first-order valence-corrected chi connectivity index (χ1v) is 5.86. The number of carboxylic acids is 1. The van der Waals surface area contributed by atoms with Gasteiger partial charge in [-0.2, -0.15) is 0 Å². The minimum absolute atomic E-state index is 0.185. The second-order valence-corrected chi connectivity index (χ2v) is 5.40. The van der Waals surface area contributed by atoms with E-state index in [-0.39, 0.29) is 29.6 Å². The molecule has 88 valence electrons. The van der Waals surface area contributed by atoms with Gasteiger partial charge in [-0.25, -0.2) is 0 Å². The van der Waals surface area contributed by atoms with E-state index in [4.69, 9.17) is 5.11 Å². The lowest BCUT2D eigenvalue weighted by molar-refractivity contribution is -0.149. The predicted octanol–water partition coefficient (Wildman–Crippen LogP) is -0.266. The molecule has 17 heavy (non-hydrogen) atoms. The molecule has 1 aliphatic heterocycles. The zero-order valence-corrected chi connectivity index (χ0v) is 8.95. The van der Waals surface area contributed by atoms with E-state index in [1.807, 2.05) is 6.08 Å². The lowest BCUT2D eigenvalue weighted by atomic mass is 9.87. The van der Waals surface area contributed by atoms with Crippen molar-refractivity contribution in [3.63, 3.8) is 0 Å². The number of amides is 2. The van der Waals surface area contributed by atoms with Crippen LogP contribution in [0.5, 0.6) is 0 Å². The first-order chi connectivity index (χ1) is 8.11. The number of imide groups is 1. The average molecular weight is 233 g/mol. The predicted molar refractivity (Wildman–Crippen MR) is 54.4 cm³/mol. The summed E-state index contributed by atoms with van der Waals surface area (Å²) < 4.78 is 0. The highest BCUT2D eigenvalue weighted by atomic mass is 16.4. The molecule has 0 bridgehead atoms. The van der Waals surface area contributed by atoms with Crippen LogP contribution in [0.3, 0.4) is 0 Å². The van der Waals surface area contributed by atoms with Gasteiger partial charge in [0.1, 0.15) is 6.54 Å². The Labute approximate surface area is 97.1 Å². The lowest BCUT2D eigenvalue weighted by Crippen LogP contribution is -2.37. The van der Waals surface area contributed by atoms with Crippen LogP contribution in [0.1, 0.15) is 0 Å². The second kappa shape index (κ2) is 2.60. The molecule has 5 heteroatoms. The number of carbonyl (C=O) groups excluding carboxylic acids is 2. The molecule has 6 atom stereocenters. The van der Waals surface area contributed by atoms with Gasteiger partial charge in [-0.15, -0.1) is 0 Å². The molecule has 4 aliphatic rings. The van der Waals surface area contributed by atoms with Crippen molar-refractivity contribution in [1.29, 1.82) is 0 Å². The van der Waals surface area contributed by atoms with Gasteiger partial charge in [0.2, 0.25) is 11.8 Å². The van der Waals surface area contributed by atoms with Crippen molar-refractivity contribution >= 4 is 17.8 Å². The number of nitrogens with zero attached hydrogens (tertiary/aromatic N) is 1. The fourth-order valence-corrected chi connectivity index (χ4v) is 4.25. The van der Waals surface area contributed by atoms with Crippen LogP contribution in [0.2, 0.25) is 0 Å². The molecular weight excluding hydrogens is 222 g/mol. The third-order valence-corrected chi connectivity index (χ3v) is 4.80. The van der Waals surface area contributed by atoms with Crippen LogP contribution < -0.4 is 0 Å². The molecule has 5 nitrogen and oxygen atoms in total. The number of hydrogen-bond donors (Lipinski definition) is 1. The fraction of sp³-hybridized carbons (Fsp3) is 0.583. The normalized spacial score (nSPS) is 48.6. The summed E-state index contributed by atoms with van der Waals surface area (Å²) in [7, 11) is 0. The van der Waals surface area contributed by atoms with E-state index in [0.29, 0.717) is 17.8 Å². The standard InChI is InChI=1S/C12H11NO4/c14-6(15)3-13-11(16)9-5-2-1-4-7(5)8(4)10(9)12(13)17/h1-2,4-5,7-10H,3H2,(H,14,15). The number of likely N-dealkylation sites (tertiary alicyclic amines) is 1. The van der Waals surface area contributed by atoms with E-state index in [2.05, 4.69) is 6.08 Å². The maximum absolute atomic E-state index is 12.1. The largest absolute Gasteiger partial charge is 0.480 e. The van der Waals surface area contributed by atoms with Crippen molar-refractivity contribution < 1.29 is 19.5 Å². The first-order valence-electron chi connectivity index (χ1n) is 5.86. The molecule has 2 saturated carbocycles. The molecule has 1 heterocycles. The zero-order chi connectivity index (χ0) is 11.9. The van der Waals surface area contributed by atoms with Crippen LogP contribution >= 0.6 is 0 Å². The Hall–Kier alpha value is -1.65.